The lowest BCUT2D eigenvalue weighted by atomic mass is 9.80. The van der Waals surface area contributed by atoms with Gasteiger partial charge in [0, 0.05) is 17.5 Å². The van der Waals surface area contributed by atoms with Crippen LogP contribution in [0.1, 0.15) is 51.8 Å². The van der Waals surface area contributed by atoms with Gasteiger partial charge in [-0.05, 0) is 36.1 Å². The van der Waals surface area contributed by atoms with Gasteiger partial charge in [-0.25, -0.2) is 0 Å². The van der Waals surface area contributed by atoms with E-state index in [1.165, 1.54) is 30.6 Å². The molecule has 0 saturated carbocycles. The van der Waals surface area contributed by atoms with Crippen molar-refractivity contribution in [1.29, 1.82) is 0 Å². The molecular formula is C15H27NS. The van der Waals surface area contributed by atoms with Crippen LogP contribution in [0.4, 0.5) is 0 Å². The minimum atomic E-state index is 0.447. The number of hydrogen-bond acceptors (Lipinski definition) is 2. The zero-order chi connectivity index (χ0) is 12.7. The molecule has 0 bridgehead atoms. The molecule has 98 valence electrons. The number of hydrogen-bond donors (Lipinski definition) is 1. The maximum Gasteiger partial charge on any atom is 0.00454 e. The minimum Gasteiger partial charge on any atom is -0.314 e. The zero-order valence-electron chi connectivity index (χ0n) is 11.8. The maximum absolute atomic E-state index is 3.60. The summed E-state index contributed by atoms with van der Waals surface area (Å²) in [5.41, 5.74) is 0.447. The Hall–Kier alpha value is -0.340. The zero-order valence-corrected chi connectivity index (χ0v) is 12.6. The molecular weight excluding hydrogens is 226 g/mol. The molecule has 1 rings (SSSR count). The van der Waals surface area contributed by atoms with Crippen molar-refractivity contribution in [1.82, 2.24) is 5.32 Å². The Morgan fingerprint density at radius 1 is 1.35 bits per heavy atom. The third-order valence-corrected chi connectivity index (χ3v) is 4.28. The Morgan fingerprint density at radius 2 is 2.12 bits per heavy atom. The first-order valence-electron chi connectivity index (χ1n) is 6.81. The summed E-state index contributed by atoms with van der Waals surface area (Å²) in [4.78, 5) is 1.52. The molecule has 1 aromatic rings. The summed E-state index contributed by atoms with van der Waals surface area (Å²) in [6.45, 7) is 10.3. The highest BCUT2D eigenvalue weighted by Gasteiger charge is 2.23. The van der Waals surface area contributed by atoms with Crippen molar-refractivity contribution in [2.24, 2.45) is 5.41 Å². The number of rotatable bonds is 8. The Morgan fingerprint density at radius 3 is 2.65 bits per heavy atom. The van der Waals surface area contributed by atoms with Gasteiger partial charge in [0.1, 0.15) is 0 Å². The number of aryl methyl sites for hydroxylation is 1. The highest BCUT2D eigenvalue weighted by atomic mass is 32.1. The van der Waals surface area contributed by atoms with Gasteiger partial charge in [-0.1, -0.05) is 40.2 Å². The fourth-order valence-electron chi connectivity index (χ4n) is 2.24. The van der Waals surface area contributed by atoms with E-state index in [1.54, 1.807) is 0 Å². The van der Waals surface area contributed by atoms with Crippen molar-refractivity contribution >= 4 is 11.3 Å². The summed E-state index contributed by atoms with van der Waals surface area (Å²) in [7, 11) is 0. The lowest BCUT2D eigenvalue weighted by Crippen LogP contribution is -2.36. The molecule has 1 nitrogen and oxygen atoms in total. The Balaban J connectivity index is 2.45. The first-order chi connectivity index (χ1) is 8.06. The van der Waals surface area contributed by atoms with E-state index in [1.807, 2.05) is 11.3 Å². The van der Waals surface area contributed by atoms with Crippen LogP contribution in [0.2, 0.25) is 0 Å². The topological polar surface area (TPSA) is 12.0 Å². The van der Waals surface area contributed by atoms with Crippen molar-refractivity contribution in [3.63, 3.8) is 0 Å². The molecule has 0 aliphatic heterocycles. The fraction of sp³-hybridized carbons (Fsp3) is 0.733. The highest BCUT2D eigenvalue weighted by Crippen LogP contribution is 2.29. The average Bonchev–Trinajstić information content (AvgIpc) is 2.77. The van der Waals surface area contributed by atoms with E-state index in [0.717, 1.165) is 6.54 Å². The molecule has 2 heteroatoms. The summed E-state index contributed by atoms with van der Waals surface area (Å²) >= 11 is 1.89. The van der Waals surface area contributed by atoms with E-state index in [-0.39, 0.29) is 0 Å². The summed E-state index contributed by atoms with van der Waals surface area (Å²) < 4.78 is 0. The van der Waals surface area contributed by atoms with Crippen LogP contribution in [0.25, 0.3) is 0 Å². The SMILES string of the molecule is CCCC(C)(CCc1cccs1)CNC(C)C. The third kappa shape index (κ3) is 5.69. The Labute approximate surface area is 111 Å². The Kier molecular flexibility index (Phi) is 6.21. The van der Waals surface area contributed by atoms with Gasteiger partial charge in [0.2, 0.25) is 0 Å². The first-order valence-corrected chi connectivity index (χ1v) is 7.69. The van der Waals surface area contributed by atoms with E-state index < -0.39 is 0 Å². The summed E-state index contributed by atoms with van der Waals surface area (Å²) in [6.07, 6.45) is 5.12. The van der Waals surface area contributed by atoms with Gasteiger partial charge in [0.05, 0.1) is 0 Å². The fourth-order valence-corrected chi connectivity index (χ4v) is 2.94. The van der Waals surface area contributed by atoms with Crippen molar-refractivity contribution in [2.45, 2.75) is 59.4 Å². The van der Waals surface area contributed by atoms with Crippen LogP contribution < -0.4 is 5.32 Å². The van der Waals surface area contributed by atoms with Crippen LogP contribution in [0.3, 0.4) is 0 Å². The quantitative estimate of drug-likeness (QED) is 0.720. The molecule has 0 amide bonds. The molecule has 1 atom stereocenters. The lowest BCUT2D eigenvalue weighted by molar-refractivity contribution is 0.249. The minimum absolute atomic E-state index is 0.447. The molecule has 0 aromatic carbocycles. The van der Waals surface area contributed by atoms with Gasteiger partial charge in [-0.2, -0.15) is 0 Å². The van der Waals surface area contributed by atoms with Crippen LogP contribution in [-0.4, -0.2) is 12.6 Å². The van der Waals surface area contributed by atoms with Gasteiger partial charge >= 0.3 is 0 Å². The highest BCUT2D eigenvalue weighted by molar-refractivity contribution is 7.09. The van der Waals surface area contributed by atoms with Gasteiger partial charge in [0.15, 0.2) is 0 Å². The molecule has 0 aliphatic rings. The van der Waals surface area contributed by atoms with Crippen LogP contribution >= 0.6 is 11.3 Å². The molecule has 1 N–H and O–H groups in total. The largest absolute Gasteiger partial charge is 0.314 e. The molecule has 17 heavy (non-hydrogen) atoms. The van der Waals surface area contributed by atoms with Crippen molar-refractivity contribution in [3.8, 4) is 0 Å². The van der Waals surface area contributed by atoms with Gasteiger partial charge in [0.25, 0.3) is 0 Å². The van der Waals surface area contributed by atoms with E-state index in [4.69, 9.17) is 0 Å². The van der Waals surface area contributed by atoms with Crippen LogP contribution in [0.5, 0.6) is 0 Å². The number of thiophene rings is 1. The monoisotopic (exact) mass is 253 g/mol. The van der Waals surface area contributed by atoms with Gasteiger partial charge in [-0.15, -0.1) is 11.3 Å². The molecule has 0 aliphatic carbocycles. The van der Waals surface area contributed by atoms with Crippen LogP contribution in [0.15, 0.2) is 17.5 Å². The average molecular weight is 253 g/mol. The standard InChI is InChI=1S/C15H27NS/c1-5-9-15(4,12-16-13(2)3)10-8-14-7-6-11-17-14/h6-7,11,13,16H,5,8-10,12H2,1-4H3. The predicted octanol–water partition coefficient (Wildman–Crippen LogP) is 4.49. The molecule has 0 fully saturated rings. The normalized spacial score (nSPS) is 15.1. The maximum atomic E-state index is 3.60. The van der Waals surface area contributed by atoms with E-state index in [9.17, 15) is 0 Å². The lowest BCUT2D eigenvalue weighted by Gasteiger charge is -2.30. The predicted molar refractivity (Wildman–Crippen MR) is 78.8 cm³/mol. The molecule has 0 spiro atoms. The third-order valence-electron chi connectivity index (χ3n) is 3.35. The van der Waals surface area contributed by atoms with Crippen molar-refractivity contribution < 1.29 is 0 Å². The number of nitrogens with one attached hydrogen (secondary N) is 1. The van der Waals surface area contributed by atoms with Crippen LogP contribution in [-0.2, 0) is 6.42 Å². The second-order valence-electron chi connectivity index (χ2n) is 5.68. The summed E-state index contributed by atoms with van der Waals surface area (Å²) in [5.74, 6) is 0. The molecule has 1 aromatic heterocycles. The smallest absolute Gasteiger partial charge is 0.00454 e. The van der Waals surface area contributed by atoms with E-state index in [2.05, 4.69) is 50.5 Å². The van der Waals surface area contributed by atoms with Crippen LogP contribution in [0, 0.1) is 5.41 Å². The molecule has 1 heterocycles. The van der Waals surface area contributed by atoms with E-state index in [0.29, 0.717) is 11.5 Å². The second kappa shape index (κ2) is 7.17. The summed E-state index contributed by atoms with van der Waals surface area (Å²) in [5, 5.41) is 5.78. The molecule has 0 saturated heterocycles. The molecule has 0 radical (unpaired) electrons. The van der Waals surface area contributed by atoms with E-state index >= 15 is 0 Å². The van der Waals surface area contributed by atoms with Crippen molar-refractivity contribution in [3.05, 3.63) is 22.4 Å². The van der Waals surface area contributed by atoms with Gasteiger partial charge in [-0.3, -0.25) is 0 Å². The van der Waals surface area contributed by atoms with Gasteiger partial charge < -0.3 is 5.32 Å². The summed E-state index contributed by atoms with van der Waals surface area (Å²) in [6, 6.07) is 5.00. The van der Waals surface area contributed by atoms with Crippen molar-refractivity contribution in [2.75, 3.05) is 6.54 Å². The second-order valence-corrected chi connectivity index (χ2v) is 6.71. The molecule has 1 unspecified atom stereocenters. The Bertz CT molecular complexity index is 292. The first kappa shape index (κ1) is 14.7.